The predicted octanol–water partition coefficient (Wildman–Crippen LogP) is 2.48. The zero-order chi connectivity index (χ0) is 16.0. The van der Waals surface area contributed by atoms with Crippen LogP contribution in [0.2, 0.25) is 0 Å². The van der Waals surface area contributed by atoms with Gasteiger partial charge in [-0.2, -0.15) is 11.3 Å². The smallest absolute Gasteiger partial charge is 0.191 e. The van der Waals surface area contributed by atoms with Crippen molar-refractivity contribution in [2.45, 2.75) is 32.9 Å². The number of rotatable bonds is 6. The second-order valence-corrected chi connectivity index (χ2v) is 7.30. The number of aliphatic hydroxyl groups is 1. The monoisotopic (exact) mass is 338 g/mol. The highest BCUT2D eigenvalue weighted by molar-refractivity contribution is 7.11. The van der Waals surface area contributed by atoms with Crippen molar-refractivity contribution >= 4 is 28.6 Å². The van der Waals surface area contributed by atoms with Crippen LogP contribution in [0, 0.1) is 6.92 Å². The maximum atomic E-state index is 10.5. The lowest BCUT2D eigenvalue weighted by Crippen LogP contribution is -2.44. The van der Waals surface area contributed by atoms with E-state index in [2.05, 4.69) is 20.6 Å². The quantitative estimate of drug-likeness (QED) is 0.559. The normalized spacial score (nSPS) is 14.6. The molecule has 0 amide bonds. The summed E-state index contributed by atoms with van der Waals surface area (Å²) in [5.74, 6) is 0.686. The van der Waals surface area contributed by atoms with Crippen LogP contribution in [-0.4, -0.2) is 29.1 Å². The van der Waals surface area contributed by atoms with Crippen LogP contribution in [0.1, 0.15) is 29.3 Å². The molecule has 2 heterocycles. The molecule has 1 unspecified atom stereocenters. The van der Waals surface area contributed by atoms with E-state index >= 15 is 0 Å². The summed E-state index contributed by atoms with van der Waals surface area (Å²) >= 11 is 3.23. The number of guanidine groups is 1. The van der Waals surface area contributed by atoms with Crippen LogP contribution in [0.5, 0.6) is 0 Å². The molecule has 1 atom stereocenters. The van der Waals surface area contributed by atoms with Gasteiger partial charge in [0.1, 0.15) is 10.6 Å². The van der Waals surface area contributed by atoms with Crippen LogP contribution in [-0.2, 0) is 12.1 Å². The lowest BCUT2D eigenvalue weighted by molar-refractivity contribution is 0.0621. The molecule has 7 heteroatoms. The van der Waals surface area contributed by atoms with E-state index < -0.39 is 5.60 Å². The summed E-state index contributed by atoms with van der Waals surface area (Å²) < 4.78 is 0. The van der Waals surface area contributed by atoms with Gasteiger partial charge < -0.3 is 15.7 Å². The molecule has 0 bridgehead atoms. The number of aryl methyl sites for hydroxylation is 1. The Kier molecular flexibility index (Phi) is 5.93. The number of thiophene rings is 1. The van der Waals surface area contributed by atoms with Gasteiger partial charge in [0.05, 0.1) is 13.1 Å². The zero-order valence-electron chi connectivity index (χ0n) is 13.1. The Hall–Kier alpha value is -1.44. The van der Waals surface area contributed by atoms with Crippen LogP contribution in [0.3, 0.4) is 0 Å². The molecule has 0 saturated carbocycles. The molecule has 2 aromatic heterocycles. The number of aromatic nitrogens is 1. The Labute approximate surface area is 139 Å². The Morgan fingerprint density at radius 1 is 1.45 bits per heavy atom. The van der Waals surface area contributed by atoms with Crippen molar-refractivity contribution in [1.29, 1.82) is 0 Å². The lowest BCUT2D eigenvalue weighted by atomic mass is 9.99. The average Bonchev–Trinajstić information content (AvgIpc) is 3.13. The molecule has 0 aromatic carbocycles. The SMILES string of the molecule is CCNC(=NCc1ncc(C)s1)NCC(C)(O)c1ccsc1. The standard InChI is InChI=1S/C15H22N4OS2/c1-4-16-14(18-8-13-17-7-11(2)22-13)19-10-15(3,20)12-5-6-21-9-12/h5-7,9,20H,4,8,10H2,1-3H3,(H2,16,18,19). The molecule has 3 N–H and O–H groups in total. The van der Waals surface area contributed by atoms with E-state index in [1.165, 1.54) is 4.88 Å². The number of aliphatic imine (C=N–C) groups is 1. The summed E-state index contributed by atoms with van der Waals surface area (Å²) in [6.07, 6.45) is 1.86. The second-order valence-electron chi connectivity index (χ2n) is 5.20. The third kappa shape index (κ3) is 4.79. The van der Waals surface area contributed by atoms with Gasteiger partial charge in [-0.1, -0.05) is 0 Å². The first-order chi connectivity index (χ1) is 10.5. The molecule has 120 valence electrons. The molecule has 0 aliphatic rings. The molecular weight excluding hydrogens is 316 g/mol. The van der Waals surface area contributed by atoms with Crippen molar-refractivity contribution in [3.05, 3.63) is 38.5 Å². The molecule has 0 aliphatic heterocycles. The van der Waals surface area contributed by atoms with Crippen LogP contribution < -0.4 is 10.6 Å². The highest BCUT2D eigenvalue weighted by Gasteiger charge is 2.23. The average molecular weight is 339 g/mol. The van der Waals surface area contributed by atoms with Gasteiger partial charge in [0.25, 0.3) is 0 Å². The van der Waals surface area contributed by atoms with E-state index in [-0.39, 0.29) is 0 Å². The highest BCUT2D eigenvalue weighted by atomic mass is 32.1. The Balaban J connectivity index is 1.96. The molecule has 0 radical (unpaired) electrons. The van der Waals surface area contributed by atoms with Crippen molar-refractivity contribution in [2.24, 2.45) is 4.99 Å². The molecule has 0 fully saturated rings. The number of nitrogens with one attached hydrogen (secondary N) is 2. The summed E-state index contributed by atoms with van der Waals surface area (Å²) in [5.41, 5.74) is -0.00933. The number of hydrogen-bond acceptors (Lipinski definition) is 5. The number of hydrogen-bond donors (Lipinski definition) is 3. The molecule has 22 heavy (non-hydrogen) atoms. The number of nitrogens with zero attached hydrogens (tertiary/aromatic N) is 2. The molecule has 2 rings (SSSR count). The maximum absolute atomic E-state index is 10.5. The fraction of sp³-hybridized carbons (Fsp3) is 0.467. The second kappa shape index (κ2) is 7.71. The van der Waals surface area contributed by atoms with Crippen LogP contribution in [0.15, 0.2) is 28.0 Å². The van der Waals surface area contributed by atoms with Crippen molar-refractivity contribution < 1.29 is 5.11 Å². The van der Waals surface area contributed by atoms with Crippen molar-refractivity contribution in [2.75, 3.05) is 13.1 Å². The van der Waals surface area contributed by atoms with Crippen molar-refractivity contribution in [1.82, 2.24) is 15.6 Å². The lowest BCUT2D eigenvalue weighted by Gasteiger charge is -2.24. The minimum absolute atomic E-state index is 0.395. The van der Waals surface area contributed by atoms with E-state index in [0.29, 0.717) is 19.0 Å². The molecule has 0 aliphatic carbocycles. The zero-order valence-corrected chi connectivity index (χ0v) is 14.7. The van der Waals surface area contributed by atoms with Gasteiger partial charge in [0, 0.05) is 17.6 Å². The Morgan fingerprint density at radius 2 is 2.27 bits per heavy atom. The first-order valence-corrected chi connectivity index (χ1v) is 8.95. The van der Waals surface area contributed by atoms with Gasteiger partial charge in [-0.25, -0.2) is 9.98 Å². The largest absolute Gasteiger partial charge is 0.384 e. The summed E-state index contributed by atoms with van der Waals surface area (Å²) in [6, 6.07) is 1.94. The van der Waals surface area contributed by atoms with Crippen LogP contribution >= 0.6 is 22.7 Å². The first-order valence-electron chi connectivity index (χ1n) is 7.20. The van der Waals surface area contributed by atoms with E-state index in [1.807, 2.05) is 36.9 Å². The van der Waals surface area contributed by atoms with E-state index in [1.54, 1.807) is 29.6 Å². The van der Waals surface area contributed by atoms with Crippen LogP contribution in [0.25, 0.3) is 0 Å². The van der Waals surface area contributed by atoms with Crippen molar-refractivity contribution in [3.63, 3.8) is 0 Å². The van der Waals surface area contributed by atoms with Gasteiger partial charge in [-0.05, 0) is 43.2 Å². The van der Waals surface area contributed by atoms with Gasteiger partial charge in [-0.3, -0.25) is 0 Å². The summed E-state index contributed by atoms with van der Waals surface area (Å²) in [4.78, 5) is 10.0. The topological polar surface area (TPSA) is 69.5 Å². The van der Waals surface area contributed by atoms with Crippen LogP contribution in [0.4, 0.5) is 0 Å². The highest BCUT2D eigenvalue weighted by Crippen LogP contribution is 2.22. The van der Waals surface area contributed by atoms with E-state index in [9.17, 15) is 5.11 Å². The maximum Gasteiger partial charge on any atom is 0.191 e. The summed E-state index contributed by atoms with van der Waals surface area (Å²) in [7, 11) is 0. The molecule has 0 saturated heterocycles. The Morgan fingerprint density at radius 3 is 2.86 bits per heavy atom. The molecule has 2 aromatic rings. The van der Waals surface area contributed by atoms with Gasteiger partial charge in [0.15, 0.2) is 5.96 Å². The van der Waals surface area contributed by atoms with Gasteiger partial charge in [0.2, 0.25) is 0 Å². The third-order valence-electron chi connectivity index (χ3n) is 3.13. The summed E-state index contributed by atoms with van der Waals surface area (Å²) in [6.45, 7) is 7.55. The minimum atomic E-state index is -0.923. The third-order valence-corrected chi connectivity index (χ3v) is 4.71. The molecule has 5 nitrogen and oxygen atoms in total. The van der Waals surface area contributed by atoms with E-state index in [4.69, 9.17) is 0 Å². The summed E-state index contributed by atoms with van der Waals surface area (Å²) in [5, 5.41) is 21.8. The fourth-order valence-corrected chi connectivity index (χ4v) is 3.39. The fourth-order valence-electron chi connectivity index (χ4n) is 1.89. The van der Waals surface area contributed by atoms with Gasteiger partial charge in [-0.15, -0.1) is 11.3 Å². The van der Waals surface area contributed by atoms with E-state index in [0.717, 1.165) is 17.1 Å². The predicted molar refractivity (Wildman–Crippen MR) is 93.6 cm³/mol. The first kappa shape index (κ1) is 16.9. The minimum Gasteiger partial charge on any atom is -0.384 e. The molecule has 0 spiro atoms. The van der Waals surface area contributed by atoms with Gasteiger partial charge >= 0.3 is 0 Å². The van der Waals surface area contributed by atoms with Crippen molar-refractivity contribution in [3.8, 4) is 0 Å². The molecular formula is C15H22N4OS2. The Bertz CT molecular complexity index is 605. The number of thiazole rings is 1.